The number of anilines is 1. The lowest BCUT2D eigenvalue weighted by atomic mass is 9.78. The highest BCUT2D eigenvalue weighted by molar-refractivity contribution is 5.88. The van der Waals surface area contributed by atoms with Crippen molar-refractivity contribution in [2.24, 2.45) is 11.7 Å². The summed E-state index contributed by atoms with van der Waals surface area (Å²) in [6.07, 6.45) is 0.721. The number of carbonyl (C=O) groups is 1. The molecular formula is C13H19N3O. The fraction of sp³-hybridized carbons (Fsp3) is 0.462. The van der Waals surface area contributed by atoms with Gasteiger partial charge in [-0.05, 0) is 25.1 Å². The van der Waals surface area contributed by atoms with Crippen molar-refractivity contribution in [3.63, 3.8) is 0 Å². The molecule has 1 aliphatic rings. The molecule has 0 aromatic heterocycles. The van der Waals surface area contributed by atoms with E-state index >= 15 is 0 Å². The van der Waals surface area contributed by atoms with Gasteiger partial charge >= 0.3 is 0 Å². The molecule has 0 spiro atoms. The van der Waals surface area contributed by atoms with Crippen molar-refractivity contribution < 1.29 is 4.79 Å². The number of hydrogen-bond acceptors (Lipinski definition) is 3. The molecule has 1 aliphatic heterocycles. The van der Waals surface area contributed by atoms with Crippen molar-refractivity contribution in [3.8, 4) is 0 Å². The van der Waals surface area contributed by atoms with E-state index < -0.39 is 5.54 Å². The molecule has 2 rings (SSSR count). The van der Waals surface area contributed by atoms with Gasteiger partial charge < -0.3 is 16.4 Å². The van der Waals surface area contributed by atoms with Crippen LogP contribution in [0.15, 0.2) is 30.3 Å². The normalized spacial score (nSPS) is 28.6. The van der Waals surface area contributed by atoms with Crippen LogP contribution in [-0.2, 0) is 4.79 Å². The van der Waals surface area contributed by atoms with E-state index in [0.717, 1.165) is 25.2 Å². The Bertz CT molecular complexity index is 393. The van der Waals surface area contributed by atoms with Gasteiger partial charge in [-0.15, -0.1) is 0 Å². The predicted octanol–water partition coefficient (Wildman–Crippen LogP) is 0.952. The summed E-state index contributed by atoms with van der Waals surface area (Å²) in [6, 6.07) is 9.76. The van der Waals surface area contributed by atoms with Crippen molar-refractivity contribution in [1.82, 2.24) is 5.32 Å². The number of nitrogens with one attached hydrogen (secondary N) is 2. The van der Waals surface area contributed by atoms with E-state index in [1.54, 1.807) is 0 Å². The van der Waals surface area contributed by atoms with E-state index in [1.807, 2.05) is 37.3 Å². The molecule has 4 nitrogen and oxygen atoms in total. The van der Waals surface area contributed by atoms with E-state index in [2.05, 4.69) is 10.6 Å². The second-order valence-electron chi connectivity index (χ2n) is 4.68. The van der Waals surface area contributed by atoms with Crippen LogP contribution in [-0.4, -0.2) is 24.5 Å². The van der Waals surface area contributed by atoms with Gasteiger partial charge in [0.25, 0.3) is 0 Å². The van der Waals surface area contributed by atoms with Gasteiger partial charge in [-0.1, -0.05) is 25.1 Å². The predicted molar refractivity (Wildman–Crippen MR) is 68.6 cm³/mol. The SMILES string of the molecule is C[C@@H]1CNCC[C@@]1(Nc1ccccc1)C(N)=O. The lowest BCUT2D eigenvalue weighted by molar-refractivity contribution is -0.124. The molecule has 4 heteroatoms. The average molecular weight is 233 g/mol. The molecule has 1 heterocycles. The van der Waals surface area contributed by atoms with E-state index in [4.69, 9.17) is 5.73 Å². The smallest absolute Gasteiger partial charge is 0.243 e. The zero-order valence-electron chi connectivity index (χ0n) is 10.1. The van der Waals surface area contributed by atoms with Gasteiger partial charge in [0.15, 0.2) is 0 Å². The van der Waals surface area contributed by atoms with Gasteiger partial charge in [-0.3, -0.25) is 4.79 Å². The maximum Gasteiger partial charge on any atom is 0.243 e. The van der Waals surface area contributed by atoms with Crippen LogP contribution in [0.25, 0.3) is 0 Å². The first kappa shape index (κ1) is 11.9. The summed E-state index contributed by atoms with van der Waals surface area (Å²) in [5.41, 5.74) is 5.92. The number of nitrogens with two attached hydrogens (primary N) is 1. The zero-order chi connectivity index (χ0) is 12.3. The Morgan fingerprint density at radius 2 is 2.18 bits per heavy atom. The largest absolute Gasteiger partial charge is 0.371 e. The molecule has 1 amide bonds. The van der Waals surface area contributed by atoms with Crippen LogP contribution in [0.2, 0.25) is 0 Å². The Balaban J connectivity index is 2.25. The highest BCUT2D eigenvalue weighted by Crippen LogP contribution is 2.28. The molecule has 1 aromatic rings. The van der Waals surface area contributed by atoms with Crippen LogP contribution >= 0.6 is 0 Å². The van der Waals surface area contributed by atoms with Crippen molar-refractivity contribution in [3.05, 3.63) is 30.3 Å². The number of amides is 1. The molecule has 1 aromatic carbocycles. The summed E-state index contributed by atoms with van der Waals surface area (Å²) in [6.45, 7) is 3.67. The first-order chi connectivity index (χ1) is 8.15. The fourth-order valence-corrected chi connectivity index (χ4v) is 2.42. The molecule has 1 fully saturated rings. The number of hydrogen-bond donors (Lipinski definition) is 3. The van der Waals surface area contributed by atoms with Crippen LogP contribution in [0.3, 0.4) is 0 Å². The van der Waals surface area contributed by atoms with Crippen LogP contribution in [0, 0.1) is 5.92 Å². The van der Waals surface area contributed by atoms with E-state index in [-0.39, 0.29) is 11.8 Å². The van der Waals surface area contributed by atoms with E-state index in [0.29, 0.717) is 0 Å². The van der Waals surface area contributed by atoms with Crippen molar-refractivity contribution in [2.45, 2.75) is 18.9 Å². The van der Waals surface area contributed by atoms with Crippen LogP contribution in [0.5, 0.6) is 0 Å². The first-order valence-corrected chi connectivity index (χ1v) is 5.99. The Hall–Kier alpha value is -1.55. The van der Waals surface area contributed by atoms with Crippen molar-refractivity contribution in [1.29, 1.82) is 0 Å². The molecule has 0 aliphatic carbocycles. The fourth-order valence-electron chi connectivity index (χ4n) is 2.42. The van der Waals surface area contributed by atoms with Gasteiger partial charge in [0, 0.05) is 18.2 Å². The Morgan fingerprint density at radius 1 is 1.47 bits per heavy atom. The van der Waals surface area contributed by atoms with E-state index in [1.165, 1.54) is 0 Å². The second kappa shape index (κ2) is 4.75. The summed E-state index contributed by atoms with van der Waals surface area (Å²) in [7, 11) is 0. The summed E-state index contributed by atoms with van der Waals surface area (Å²) < 4.78 is 0. The van der Waals surface area contributed by atoms with Crippen LogP contribution in [0.4, 0.5) is 5.69 Å². The monoisotopic (exact) mass is 233 g/mol. The highest BCUT2D eigenvalue weighted by Gasteiger charge is 2.43. The Morgan fingerprint density at radius 3 is 2.76 bits per heavy atom. The summed E-state index contributed by atoms with van der Waals surface area (Å²) in [5, 5.41) is 6.61. The average Bonchev–Trinajstić information content (AvgIpc) is 2.33. The lowest BCUT2D eigenvalue weighted by Gasteiger charge is -2.41. The third kappa shape index (κ3) is 2.26. The van der Waals surface area contributed by atoms with Gasteiger partial charge in [0.1, 0.15) is 5.54 Å². The van der Waals surface area contributed by atoms with Crippen LogP contribution in [0.1, 0.15) is 13.3 Å². The molecule has 0 saturated carbocycles. The molecule has 0 radical (unpaired) electrons. The molecule has 2 atom stereocenters. The molecular weight excluding hydrogens is 214 g/mol. The molecule has 17 heavy (non-hydrogen) atoms. The number of rotatable bonds is 3. The van der Waals surface area contributed by atoms with Gasteiger partial charge in [0.2, 0.25) is 5.91 Å². The maximum atomic E-state index is 11.8. The van der Waals surface area contributed by atoms with Gasteiger partial charge in [-0.25, -0.2) is 0 Å². The standard InChI is InChI=1S/C13H19N3O/c1-10-9-15-8-7-13(10,12(14)17)16-11-5-3-2-4-6-11/h2-6,10,15-16H,7-9H2,1H3,(H2,14,17)/t10-,13+/m1/s1. The van der Waals surface area contributed by atoms with Crippen molar-refractivity contribution in [2.75, 3.05) is 18.4 Å². The number of benzene rings is 1. The minimum Gasteiger partial charge on any atom is -0.371 e. The number of primary amides is 1. The van der Waals surface area contributed by atoms with Crippen molar-refractivity contribution >= 4 is 11.6 Å². The molecule has 0 unspecified atom stereocenters. The molecule has 4 N–H and O–H groups in total. The van der Waals surface area contributed by atoms with E-state index in [9.17, 15) is 4.79 Å². The number of para-hydroxylation sites is 1. The zero-order valence-corrected chi connectivity index (χ0v) is 10.1. The molecule has 92 valence electrons. The Kier molecular flexibility index (Phi) is 3.33. The minimum atomic E-state index is -0.632. The lowest BCUT2D eigenvalue weighted by Crippen LogP contribution is -2.61. The third-order valence-corrected chi connectivity index (χ3v) is 3.57. The summed E-state index contributed by atoms with van der Waals surface area (Å²) >= 11 is 0. The topological polar surface area (TPSA) is 67.2 Å². The first-order valence-electron chi connectivity index (χ1n) is 5.99. The third-order valence-electron chi connectivity index (χ3n) is 3.57. The molecule has 1 saturated heterocycles. The molecule has 0 bridgehead atoms. The second-order valence-corrected chi connectivity index (χ2v) is 4.68. The number of piperidine rings is 1. The maximum absolute atomic E-state index is 11.8. The van der Waals surface area contributed by atoms with Crippen LogP contribution < -0.4 is 16.4 Å². The van der Waals surface area contributed by atoms with Gasteiger partial charge in [0.05, 0.1) is 0 Å². The van der Waals surface area contributed by atoms with Gasteiger partial charge in [-0.2, -0.15) is 0 Å². The number of carbonyl (C=O) groups excluding carboxylic acids is 1. The highest BCUT2D eigenvalue weighted by atomic mass is 16.1. The quantitative estimate of drug-likeness (QED) is 0.728. The minimum absolute atomic E-state index is 0.175. The summed E-state index contributed by atoms with van der Waals surface area (Å²) in [4.78, 5) is 11.8. The summed E-state index contributed by atoms with van der Waals surface area (Å²) in [5.74, 6) is -0.0932. The Labute approximate surface area is 102 Å².